The molecule has 2 aromatic carbocycles. The lowest BCUT2D eigenvalue weighted by molar-refractivity contribution is -0.135. The Labute approximate surface area is 276 Å². The van der Waals surface area contributed by atoms with Crippen molar-refractivity contribution in [3.8, 4) is 28.9 Å². The van der Waals surface area contributed by atoms with Crippen molar-refractivity contribution < 1.29 is 28.3 Å². The molecule has 12 nitrogen and oxygen atoms in total. The zero-order valence-electron chi connectivity index (χ0n) is 27.0. The van der Waals surface area contributed by atoms with Gasteiger partial charge in [-0.1, -0.05) is 58.0 Å². The summed E-state index contributed by atoms with van der Waals surface area (Å²) in [5.74, 6) is 0.306. The van der Waals surface area contributed by atoms with E-state index < -0.39 is 29.7 Å². The van der Waals surface area contributed by atoms with E-state index in [0.29, 0.717) is 28.7 Å². The Kier molecular flexibility index (Phi) is 7.02. The average molecular weight is 649 g/mol. The lowest BCUT2D eigenvalue weighted by Crippen LogP contribution is -2.41. The van der Waals surface area contributed by atoms with Crippen molar-refractivity contribution in [2.45, 2.75) is 64.3 Å². The van der Waals surface area contributed by atoms with Crippen molar-refractivity contribution in [3.05, 3.63) is 89.5 Å². The number of hydrogen-bond acceptors (Lipinski definition) is 10. The number of nitrogens with zero attached hydrogens (tertiary/aromatic N) is 3. The predicted octanol–water partition coefficient (Wildman–Crippen LogP) is 5.16. The van der Waals surface area contributed by atoms with Crippen LogP contribution in [-0.2, 0) is 21.4 Å². The highest BCUT2D eigenvalue weighted by Gasteiger charge is 2.61. The Morgan fingerprint density at radius 1 is 1.08 bits per heavy atom. The number of ketones is 1. The van der Waals surface area contributed by atoms with Crippen LogP contribution in [0.2, 0.25) is 0 Å². The molecule has 48 heavy (non-hydrogen) atoms. The van der Waals surface area contributed by atoms with Crippen LogP contribution >= 0.6 is 0 Å². The molecule has 0 radical (unpaired) electrons. The summed E-state index contributed by atoms with van der Waals surface area (Å²) in [7, 11) is 0. The summed E-state index contributed by atoms with van der Waals surface area (Å²) in [6.07, 6.45) is 3.27. The van der Waals surface area contributed by atoms with Crippen LogP contribution in [0.5, 0.6) is 5.75 Å². The van der Waals surface area contributed by atoms with Gasteiger partial charge in [0, 0.05) is 36.0 Å². The van der Waals surface area contributed by atoms with Crippen LogP contribution in [0.3, 0.4) is 0 Å². The van der Waals surface area contributed by atoms with E-state index in [1.807, 2.05) is 56.3 Å². The third kappa shape index (κ3) is 4.57. The molecule has 3 aliphatic rings. The molecule has 4 N–H and O–H groups in total. The molecule has 4 bridgehead atoms. The fourth-order valence-electron chi connectivity index (χ4n) is 7.19. The largest absolute Gasteiger partial charge is 0.469 e. The van der Waals surface area contributed by atoms with Crippen LogP contribution in [-0.4, -0.2) is 49.1 Å². The highest BCUT2D eigenvalue weighted by Crippen LogP contribution is 2.59. The number of ether oxygens (including phenoxy) is 1. The van der Waals surface area contributed by atoms with Crippen LogP contribution in [0.15, 0.2) is 70.0 Å². The first kappa shape index (κ1) is 30.1. The van der Waals surface area contributed by atoms with Gasteiger partial charge in [-0.15, -0.1) is 0 Å². The first-order chi connectivity index (χ1) is 23.1. The maximum Gasteiger partial charge on any atom is 0.249 e. The molecule has 5 aromatic rings. The number of oxazole rings is 2. The van der Waals surface area contributed by atoms with Crippen molar-refractivity contribution in [2.75, 3.05) is 5.32 Å². The van der Waals surface area contributed by atoms with Crippen molar-refractivity contribution >= 4 is 17.4 Å². The SMILES string of the molecule is CC(C)[C@H](O)C(=O)CC1Cc2ccc3c(c2)[C@@]2(c4ccccc4NC2O3)c2oc(nc2-c2nc(-c3ncc[nH]3)co2)[C@H](C(C)C)NC1=O. The molecular weight excluding hydrogens is 612 g/mol. The number of H-pyrrole nitrogens is 1. The van der Waals surface area contributed by atoms with Gasteiger partial charge in [-0.25, -0.2) is 15.0 Å². The fourth-order valence-corrected chi connectivity index (χ4v) is 7.19. The van der Waals surface area contributed by atoms with Crippen LogP contribution in [0, 0.1) is 17.8 Å². The standard InChI is InChI=1S/C36H36N6O6/c1-17(2)27-34-42-28(33-39-24(16-46-33)31-37-11-12-38-31)30(48-34)36-21-7-5-6-8-23(21)40-35(36)47-26-10-9-19(14-22(26)36)13-20(32(45)41-27)15-25(43)29(44)18(3)4/h5-12,14,16-18,20,27,29,35,40,44H,13,15H2,1-4H3,(H,37,38)(H,41,45)/t20?,27-,29-,35?,36-/m0/s1. The van der Waals surface area contributed by atoms with Crippen LogP contribution < -0.4 is 15.4 Å². The number of rotatable bonds is 7. The molecule has 8 rings (SSSR count). The number of fused-ring (bicyclic) bond motifs is 4. The summed E-state index contributed by atoms with van der Waals surface area (Å²) in [5, 5.41) is 17.3. The highest BCUT2D eigenvalue weighted by molar-refractivity contribution is 5.89. The van der Waals surface area contributed by atoms with Crippen molar-refractivity contribution in [1.29, 1.82) is 0 Å². The molecule has 1 amide bonds. The van der Waals surface area contributed by atoms with Crippen LogP contribution in [0.4, 0.5) is 5.69 Å². The van der Waals surface area contributed by atoms with E-state index in [-0.39, 0.29) is 48.1 Å². The van der Waals surface area contributed by atoms with Gasteiger partial charge in [0.05, 0.1) is 0 Å². The summed E-state index contributed by atoms with van der Waals surface area (Å²) in [5.41, 5.74) is 3.36. The summed E-state index contributed by atoms with van der Waals surface area (Å²) in [4.78, 5) is 44.4. The van der Waals surface area contributed by atoms with E-state index in [4.69, 9.17) is 23.5 Å². The molecule has 12 heteroatoms. The number of hydrogen-bond donors (Lipinski definition) is 4. The normalized spacial score (nSPS) is 23.1. The number of imidazole rings is 1. The molecule has 2 unspecified atom stereocenters. The summed E-state index contributed by atoms with van der Waals surface area (Å²) in [6, 6.07) is 13.2. The maximum atomic E-state index is 14.1. The number of aromatic nitrogens is 4. The molecule has 0 saturated carbocycles. The molecule has 6 heterocycles. The Bertz CT molecular complexity index is 2030. The molecule has 0 fully saturated rings. The number of Topliss-reactive ketones (excluding diaryl/α,β-unsaturated/α-hetero) is 1. The van der Waals surface area contributed by atoms with Crippen molar-refractivity contribution in [3.63, 3.8) is 0 Å². The number of carbonyl (C=O) groups is 2. The minimum absolute atomic E-state index is 0.115. The molecule has 0 saturated heterocycles. The van der Waals surface area contributed by atoms with Gasteiger partial charge in [0.1, 0.15) is 35.3 Å². The van der Waals surface area contributed by atoms with Gasteiger partial charge >= 0.3 is 0 Å². The first-order valence-electron chi connectivity index (χ1n) is 16.3. The number of benzene rings is 2. The predicted molar refractivity (Wildman–Crippen MR) is 174 cm³/mol. The Morgan fingerprint density at radius 3 is 2.69 bits per heavy atom. The summed E-state index contributed by atoms with van der Waals surface area (Å²) >= 11 is 0. The number of aromatic amines is 1. The molecule has 0 aliphatic carbocycles. The average Bonchev–Trinajstić information content (AvgIpc) is 3.89. The van der Waals surface area contributed by atoms with Gasteiger partial charge in [0.15, 0.2) is 29.3 Å². The van der Waals surface area contributed by atoms with E-state index in [0.717, 1.165) is 22.4 Å². The van der Waals surface area contributed by atoms with Gasteiger partial charge in [0.25, 0.3) is 0 Å². The number of nitrogens with one attached hydrogen (secondary N) is 3. The minimum atomic E-state index is -1.16. The number of carbonyl (C=O) groups excluding carboxylic acids is 2. The Morgan fingerprint density at radius 2 is 1.92 bits per heavy atom. The zero-order valence-corrected chi connectivity index (χ0v) is 27.0. The lowest BCUT2D eigenvalue weighted by atomic mass is 9.72. The van der Waals surface area contributed by atoms with Gasteiger partial charge < -0.3 is 34.3 Å². The number of para-hydroxylation sites is 1. The monoisotopic (exact) mass is 648 g/mol. The Hall–Kier alpha value is -5.23. The highest BCUT2D eigenvalue weighted by atomic mass is 16.5. The van der Waals surface area contributed by atoms with Gasteiger partial charge in [-0.2, -0.15) is 0 Å². The maximum absolute atomic E-state index is 14.1. The topological polar surface area (TPSA) is 168 Å². The second-order valence-electron chi connectivity index (χ2n) is 13.5. The molecule has 3 aromatic heterocycles. The Balaban J connectivity index is 1.36. The molecule has 5 atom stereocenters. The number of anilines is 1. The van der Waals surface area contributed by atoms with Gasteiger partial charge in [0.2, 0.25) is 17.7 Å². The first-order valence-corrected chi connectivity index (χ1v) is 16.3. The smallest absolute Gasteiger partial charge is 0.249 e. The minimum Gasteiger partial charge on any atom is -0.469 e. The van der Waals surface area contributed by atoms with Crippen molar-refractivity contribution in [1.82, 2.24) is 25.3 Å². The van der Waals surface area contributed by atoms with E-state index in [2.05, 4.69) is 20.6 Å². The van der Waals surface area contributed by atoms with E-state index in [1.54, 1.807) is 26.2 Å². The van der Waals surface area contributed by atoms with Gasteiger partial charge in [-0.3, -0.25) is 9.59 Å². The molecule has 246 valence electrons. The summed E-state index contributed by atoms with van der Waals surface area (Å²) in [6.45, 7) is 7.50. The second kappa shape index (κ2) is 11.2. The third-order valence-electron chi connectivity index (χ3n) is 9.69. The zero-order chi connectivity index (χ0) is 33.3. The number of aliphatic hydroxyl groups excluding tert-OH is 1. The molecule has 1 spiro atoms. The number of aliphatic hydroxyl groups is 1. The van der Waals surface area contributed by atoms with Crippen LogP contribution in [0.1, 0.15) is 68.5 Å². The van der Waals surface area contributed by atoms with E-state index in [9.17, 15) is 14.7 Å². The number of amides is 1. The van der Waals surface area contributed by atoms with E-state index >= 15 is 0 Å². The summed E-state index contributed by atoms with van der Waals surface area (Å²) < 4.78 is 19.6. The van der Waals surface area contributed by atoms with Crippen molar-refractivity contribution in [2.24, 2.45) is 17.8 Å². The quantitative estimate of drug-likeness (QED) is 0.185. The van der Waals surface area contributed by atoms with Crippen LogP contribution in [0.25, 0.3) is 23.1 Å². The fraction of sp³-hybridized carbons (Fsp3) is 0.361. The second-order valence-corrected chi connectivity index (χ2v) is 13.5. The van der Waals surface area contributed by atoms with E-state index in [1.165, 1.54) is 6.26 Å². The third-order valence-corrected chi connectivity index (χ3v) is 9.69. The molecular formula is C36H36N6O6. The molecule has 3 aliphatic heterocycles. The van der Waals surface area contributed by atoms with Gasteiger partial charge in [-0.05, 0) is 41.5 Å². The lowest BCUT2D eigenvalue weighted by Gasteiger charge is -2.28.